The molecular weight excluding hydrogens is 382 g/mol. The van der Waals surface area contributed by atoms with Crippen LogP contribution in [0.4, 0.5) is 5.69 Å². The Morgan fingerprint density at radius 3 is 2.45 bits per heavy atom. The summed E-state index contributed by atoms with van der Waals surface area (Å²) in [7, 11) is 1.48. The second kappa shape index (κ2) is 6.70. The third-order valence-corrected chi connectivity index (χ3v) is 5.30. The number of esters is 2. The maximum Gasteiger partial charge on any atom is 0.305 e. The summed E-state index contributed by atoms with van der Waals surface area (Å²) in [6.45, 7) is 2.31. The van der Waals surface area contributed by atoms with Gasteiger partial charge in [0.15, 0.2) is 5.60 Å². The van der Waals surface area contributed by atoms with Gasteiger partial charge in [0.2, 0.25) is 11.8 Å². The van der Waals surface area contributed by atoms with Crippen LogP contribution in [0, 0.1) is 11.8 Å². The van der Waals surface area contributed by atoms with Gasteiger partial charge in [-0.1, -0.05) is 12.1 Å². The molecule has 2 saturated heterocycles. The molecule has 2 bridgehead atoms. The molecule has 0 N–H and O–H groups in total. The number of methoxy groups -OCH3 is 1. The van der Waals surface area contributed by atoms with E-state index in [-0.39, 0.29) is 0 Å². The Balaban J connectivity index is 1.74. The van der Waals surface area contributed by atoms with Gasteiger partial charge in [-0.15, -0.1) is 0 Å². The van der Waals surface area contributed by atoms with E-state index in [1.807, 2.05) is 0 Å². The number of benzene rings is 1. The van der Waals surface area contributed by atoms with Crippen molar-refractivity contribution >= 4 is 29.4 Å². The average Bonchev–Trinajstić information content (AvgIpc) is 3.32. The summed E-state index contributed by atoms with van der Waals surface area (Å²) in [5.41, 5.74) is -1.20. The Morgan fingerprint density at radius 1 is 1.14 bits per heavy atom. The van der Waals surface area contributed by atoms with Crippen LogP contribution in [-0.2, 0) is 33.4 Å². The predicted octanol–water partition coefficient (Wildman–Crippen LogP) is 0.960. The zero-order valence-electron chi connectivity index (χ0n) is 16.0. The largest absolute Gasteiger partial charge is 0.497 e. The van der Waals surface area contributed by atoms with Crippen molar-refractivity contribution < 1.29 is 38.1 Å². The molecule has 1 aromatic rings. The number of imide groups is 1. The number of nitrogens with zero attached hydrogens (tertiary/aromatic N) is 1. The maximum atomic E-state index is 13.3. The highest BCUT2D eigenvalue weighted by Gasteiger charge is 2.72. The van der Waals surface area contributed by atoms with E-state index in [4.69, 9.17) is 18.9 Å². The van der Waals surface area contributed by atoms with Gasteiger partial charge in [0.05, 0.1) is 30.7 Å². The average molecular weight is 401 g/mol. The third kappa shape index (κ3) is 2.80. The van der Waals surface area contributed by atoms with Crippen LogP contribution in [0.1, 0.15) is 13.8 Å². The van der Waals surface area contributed by atoms with E-state index in [9.17, 15) is 19.2 Å². The van der Waals surface area contributed by atoms with Gasteiger partial charge >= 0.3 is 11.9 Å². The first kappa shape index (κ1) is 19.1. The molecule has 0 saturated carbocycles. The fourth-order valence-electron chi connectivity index (χ4n) is 4.22. The van der Waals surface area contributed by atoms with Crippen LogP contribution >= 0.6 is 0 Å². The van der Waals surface area contributed by atoms with Crippen molar-refractivity contribution in [3.8, 4) is 5.75 Å². The minimum Gasteiger partial charge on any atom is -0.497 e. The highest BCUT2D eigenvalue weighted by molar-refractivity contribution is 6.23. The number of anilines is 1. The summed E-state index contributed by atoms with van der Waals surface area (Å²) >= 11 is 0. The SMILES string of the molecule is COc1cccc(N2C(=O)C3C4C=CC(C(OC(C)=O)OC(C)=O)(O4)C3C2=O)c1. The molecule has 4 unspecified atom stereocenters. The Kier molecular flexibility index (Phi) is 4.42. The summed E-state index contributed by atoms with van der Waals surface area (Å²) < 4.78 is 21.4. The summed E-state index contributed by atoms with van der Waals surface area (Å²) in [6, 6.07) is 6.57. The van der Waals surface area contributed by atoms with Crippen LogP contribution in [-0.4, -0.2) is 48.9 Å². The van der Waals surface area contributed by atoms with Crippen molar-refractivity contribution in [1.82, 2.24) is 0 Å². The van der Waals surface area contributed by atoms with E-state index in [1.165, 1.54) is 13.2 Å². The fraction of sp³-hybridized carbons (Fsp3) is 0.400. The first-order valence-corrected chi connectivity index (χ1v) is 9.02. The number of hydrogen-bond acceptors (Lipinski definition) is 8. The molecule has 2 fully saturated rings. The summed E-state index contributed by atoms with van der Waals surface area (Å²) in [5, 5.41) is 0. The van der Waals surface area contributed by atoms with Crippen molar-refractivity contribution in [2.24, 2.45) is 11.8 Å². The highest BCUT2D eigenvalue weighted by atomic mass is 16.7. The number of hydrogen-bond donors (Lipinski definition) is 0. The van der Waals surface area contributed by atoms with E-state index in [2.05, 4.69) is 0 Å². The van der Waals surface area contributed by atoms with Gasteiger partial charge in [0, 0.05) is 19.9 Å². The minimum absolute atomic E-state index is 0.361. The number of amides is 2. The normalized spacial score (nSPS) is 29.4. The fourth-order valence-corrected chi connectivity index (χ4v) is 4.22. The van der Waals surface area contributed by atoms with E-state index in [0.717, 1.165) is 18.7 Å². The third-order valence-electron chi connectivity index (χ3n) is 5.30. The van der Waals surface area contributed by atoms with Gasteiger partial charge in [0.25, 0.3) is 6.29 Å². The predicted molar refractivity (Wildman–Crippen MR) is 96.5 cm³/mol. The van der Waals surface area contributed by atoms with Crippen LogP contribution in [0.25, 0.3) is 0 Å². The number of ether oxygens (including phenoxy) is 4. The molecule has 2 amide bonds. The lowest BCUT2D eigenvalue weighted by Crippen LogP contribution is -2.52. The number of fused-ring (bicyclic) bond motifs is 5. The zero-order chi connectivity index (χ0) is 20.9. The molecule has 0 radical (unpaired) electrons. The van der Waals surface area contributed by atoms with Crippen molar-refractivity contribution in [2.45, 2.75) is 31.8 Å². The molecule has 3 heterocycles. The van der Waals surface area contributed by atoms with Gasteiger partial charge in [-0.05, 0) is 18.2 Å². The van der Waals surface area contributed by atoms with Gasteiger partial charge in [-0.3, -0.25) is 19.2 Å². The van der Waals surface area contributed by atoms with Crippen molar-refractivity contribution in [3.63, 3.8) is 0 Å². The van der Waals surface area contributed by atoms with Crippen LogP contribution < -0.4 is 9.64 Å². The summed E-state index contributed by atoms with van der Waals surface area (Å²) in [6.07, 6.45) is 0.980. The molecule has 0 aliphatic carbocycles. The van der Waals surface area contributed by atoms with E-state index in [1.54, 1.807) is 30.3 Å². The number of carbonyl (C=O) groups is 4. The maximum absolute atomic E-state index is 13.3. The highest BCUT2D eigenvalue weighted by Crippen LogP contribution is 2.54. The second-order valence-electron chi connectivity index (χ2n) is 7.06. The summed E-state index contributed by atoms with van der Waals surface area (Å²) in [5.74, 6) is -3.71. The van der Waals surface area contributed by atoms with Crippen LogP contribution in [0.3, 0.4) is 0 Å². The monoisotopic (exact) mass is 401 g/mol. The van der Waals surface area contributed by atoms with Crippen molar-refractivity contribution in [2.75, 3.05) is 12.0 Å². The first-order chi connectivity index (χ1) is 13.8. The molecule has 0 spiro atoms. The van der Waals surface area contributed by atoms with Gasteiger partial charge in [0.1, 0.15) is 5.75 Å². The van der Waals surface area contributed by atoms with Crippen molar-refractivity contribution in [1.29, 1.82) is 0 Å². The standard InChI is InChI=1S/C20H19NO8/c1-10(22)27-19(28-11(2)23)20-8-7-14(29-20)15-16(20)18(25)21(17(15)24)12-5-4-6-13(9-12)26-3/h4-9,14-16,19H,1-3H3. The molecule has 4 rings (SSSR count). The lowest BCUT2D eigenvalue weighted by molar-refractivity contribution is -0.226. The lowest BCUT2D eigenvalue weighted by atomic mass is 9.76. The summed E-state index contributed by atoms with van der Waals surface area (Å²) in [4.78, 5) is 50.7. The minimum atomic E-state index is -1.56. The number of rotatable bonds is 5. The molecule has 1 aromatic carbocycles. The van der Waals surface area contributed by atoms with E-state index >= 15 is 0 Å². The Morgan fingerprint density at radius 2 is 1.83 bits per heavy atom. The van der Waals surface area contributed by atoms with E-state index in [0.29, 0.717) is 11.4 Å². The van der Waals surface area contributed by atoms with Gasteiger partial charge < -0.3 is 18.9 Å². The quantitative estimate of drug-likeness (QED) is 0.311. The number of carbonyl (C=O) groups excluding carboxylic acids is 4. The van der Waals surface area contributed by atoms with Crippen LogP contribution in [0.2, 0.25) is 0 Å². The lowest BCUT2D eigenvalue weighted by Gasteiger charge is -2.34. The Bertz CT molecular complexity index is 924. The Hall–Kier alpha value is -3.20. The second-order valence-corrected chi connectivity index (χ2v) is 7.06. The smallest absolute Gasteiger partial charge is 0.305 e. The molecule has 0 aromatic heterocycles. The Labute approximate surface area is 166 Å². The molecule has 9 nitrogen and oxygen atoms in total. The first-order valence-electron chi connectivity index (χ1n) is 9.02. The molecular formula is C20H19NO8. The zero-order valence-corrected chi connectivity index (χ0v) is 16.0. The molecule has 4 atom stereocenters. The topological polar surface area (TPSA) is 108 Å². The van der Waals surface area contributed by atoms with Gasteiger partial charge in [-0.2, -0.15) is 0 Å². The van der Waals surface area contributed by atoms with E-state index < -0.39 is 53.6 Å². The van der Waals surface area contributed by atoms with Gasteiger partial charge in [-0.25, -0.2) is 4.90 Å². The molecule has 3 aliphatic rings. The molecule has 152 valence electrons. The van der Waals surface area contributed by atoms with Crippen LogP contribution in [0.15, 0.2) is 36.4 Å². The molecule has 29 heavy (non-hydrogen) atoms. The van der Waals surface area contributed by atoms with Crippen molar-refractivity contribution in [3.05, 3.63) is 36.4 Å². The van der Waals surface area contributed by atoms with Crippen LogP contribution in [0.5, 0.6) is 5.75 Å². The molecule has 9 heteroatoms. The molecule has 3 aliphatic heterocycles.